The van der Waals surface area contributed by atoms with Gasteiger partial charge >= 0.3 is 0 Å². The van der Waals surface area contributed by atoms with Gasteiger partial charge in [0.05, 0.1) is 12.6 Å². The Labute approximate surface area is 133 Å². The molecule has 0 aliphatic carbocycles. The van der Waals surface area contributed by atoms with E-state index in [1.54, 1.807) is 0 Å². The molecule has 3 rings (SSSR count). The Morgan fingerprint density at radius 2 is 1.86 bits per heavy atom. The molecular formula is C18H27NO3. The van der Waals surface area contributed by atoms with Crippen molar-refractivity contribution in [3.8, 4) is 0 Å². The van der Waals surface area contributed by atoms with Crippen LogP contribution in [0.3, 0.4) is 0 Å². The van der Waals surface area contributed by atoms with Crippen LogP contribution < -0.4 is 0 Å². The molecule has 2 heterocycles. The monoisotopic (exact) mass is 305 g/mol. The lowest BCUT2D eigenvalue weighted by molar-refractivity contribution is -0.148. The molecule has 0 saturated carbocycles. The smallest absolute Gasteiger partial charge is 0.159 e. The highest BCUT2D eigenvalue weighted by atomic mass is 16.7. The van der Waals surface area contributed by atoms with E-state index in [2.05, 4.69) is 35.2 Å². The van der Waals surface area contributed by atoms with Crippen molar-refractivity contribution in [3.05, 3.63) is 35.9 Å². The van der Waals surface area contributed by atoms with E-state index in [-0.39, 0.29) is 12.5 Å². The average molecular weight is 305 g/mol. The van der Waals surface area contributed by atoms with Gasteiger partial charge in [-0.25, -0.2) is 0 Å². The van der Waals surface area contributed by atoms with E-state index in [9.17, 15) is 0 Å². The summed E-state index contributed by atoms with van der Waals surface area (Å²) < 4.78 is 17.5. The average Bonchev–Trinajstić information content (AvgIpc) is 3.12. The molecule has 122 valence electrons. The van der Waals surface area contributed by atoms with E-state index in [1.165, 1.54) is 5.56 Å². The van der Waals surface area contributed by atoms with Crippen LogP contribution in [0.1, 0.15) is 44.7 Å². The summed E-state index contributed by atoms with van der Waals surface area (Å²) in [5, 5.41) is 0. The van der Waals surface area contributed by atoms with Gasteiger partial charge in [0.15, 0.2) is 6.29 Å². The number of ether oxygens (including phenoxy) is 3. The lowest BCUT2D eigenvalue weighted by Gasteiger charge is -2.31. The summed E-state index contributed by atoms with van der Waals surface area (Å²) in [6.45, 7) is 6.22. The Bertz CT molecular complexity index is 447. The van der Waals surface area contributed by atoms with Gasteiger partial charge in [0, 0.05) is 25.7 Å². The van der Waals surface area contributed by atoms with Crippen LogP contribution in [-0.2, 0) is 14.2 Å². The number of rotatable bonds is 7. The molecule has 1 unspecified atom stereocenters. The van der Waals surface area contributed by atoms with E-state index in [1.807, 2.05) is 13.8 Å². The molecule has 2 aliphatic heterocycles. The van der Waals surface area contributed by atoms with Crippen molar-refractivity contribution < 1.29 is 14.2 Å². The summed E-state index contributed by atoms with van der Waals surface area (Å²) in [6.07, 6.45) is 3.35. The lowest BCUT2D eigenvalue weighted by atomic mass is 10.0. The highest BCUT2D eigenvalue weighted by Crippen LogP contribution is 2.41. The SMILES string of the molecule is CCOC(C[C@H]1CCC2OC[C@@H](c3ccccc3)N21)OCC. The number of benzene rings is 1. The Balaban J connectivity index is 1.70. The van der Waals surface area contributed by atoms with E-state index in [4.69, 9.17) is 14.2 Å². The fraction of sp³-hybridized carbons (Fsp3) is 0.667. The van der Waals surface area contributed by atoms with E-state index >= 15 is 0 Å². The van der Waals surface area contributed by atoms with Crippen molar-refractivity contribution in [1.29, 1.82) is 0 Å². The molecule has 3 atom stereocenters. The molecule has 22 heavy (non-hydrogen) atoms. The maximum atomic E-state index is 6.02. The summed E-state index contributed by atoms with van der Waals surface area (Å²) in [7, 11) is 0. The van der Waals surface area contributed by atoms with Crippen molar-refractivity contribution in [1.82, 2.24) is 4.90 Å². The Kier molecular flexibility index (Phi) is 5.47. The zero-order valence-electron chi connectivity index (χ0n) is 13.6. The number of nitrogens with zero attached hydrogens (tertiary/aromatic N) is 1. The minimum atomic E-state index is -0.101. The predicted octanol–water partition coefficient (Wildman–Crippen LogP) is 3.34. The molecule has 2 aliphatic rings. The molecule has 2 saturated heterocycles. The van der Waals surface area contributed by atoms with Crippen LogP contribution in [0.15, 0.2) is 30.3 Å². The third-order valence-electron chi connectivity index (χ3n) is 4.66. The summed E-state index contributed by atoms with van der Waals surface area (Å²) >= 11 is 0. The normalized spacial score (nSPS) is 28.4. The van der Waals surface area contributed by atoms with Gasteiger partial charge in [0.2, 0.25) is 0 Å². The van der Waals surface area contributed by atoms with Gasteiger partial charge in [-0.3, -0.25) is 4.90 Å². The van der Waals surface area contributed by atoms with Crippen molar-refractivity contribution in [3.63, 3.8) is 0 Å². The first-order chi connectivity index (χ1) is 10.8. The Hall–Kier alpha value is -0.940. The molecule has 4 heteroatoms. The first-order valence-electron chi connectivity index (χ1n) is 8.50. The lowest BCUT2D eigenvalue weighted by Crippen LogP contribution is -2.37. The highest BCUT2D eigenvalue weighted by Gasteiger charge is 2.44. The topological polar surface area (TPSA) is 30.9 Å². The van der Waals surface area contributed by atoms with E-state index in [0.29, 0.717) is 25.3 Å². The van der Waals surface area contributed by atoms with Gasteiger partial charge in [-0.1, -0.05) is 30.3 Å². The Morgan fingerprint density at radius 3 is 2.55 bits per heavy atom. The summed E-state index contributed by atoms with van der Waals surface area (Å²) in [4.78, 5) is 2.54. The first-order valence-corrected chi connectivity index (χ1v) is 8.50. The van der Waals surface area contributed by atoms with Crippen molar-refractivity contribution >= 4 is 0 Å². The number of hydrogen-bond donors (Lipinski definition) is 0. The molecule has 0 amide bonds. The van der Waals surface area contributed by atoms with Crippen molar-refractivity contribution in [2.24, 2.45) is 0 Å². The number of hydrogen-bond acceptors (Lipinski definition) is 4. The summed E-state index contributed by atoms with van der Waals surface area (Å²) in [5.41, 5.74) is 1.35. The van der Waals surface area contributed by atoms with Gasteiger partial charge < -0.3 is 14.2 Å². The van der Waals surface area contributed by atoms with Crippen LogP contribution in [-0.4, -0.2) is 43.3 Å². The second-order valence-corrected chi connectivity index (χ2v) is 5.97. The Morgan fingerprint density at radius 1 is 1.14 bits per heavy atom. The zero-order chi connectivity index (χ0) is 15.4. The number of fused-ring (bicyclic) bond motifs is 1. The molecule has 0 radical (unpaired) electrons. The third-order valence-corrected chi connectivity index (χ3v) is 4.66. The van der Waals surface area contributed by atoms with Gasteiger partial charge in [-0.2, -0.15) is 0 Å². The van der Waals surface area contributed by atoms with Crippen LogP contribution in [0.5, 0.6) is 0 Å². The van der Waals surface area contributed by atoms with Crippen molar-refractivity contribution in [2.45, 2.75) is 57.7 Å². The van der Waals surface area contributed by atoms with Gasteiger partial charge in [0.25, 0.3) is 0 Å². The van der Waals surface area contributed by atoms with Gasteiger partial charge in [-0.15, -0.1) is 0 Å². The molecule has 0 aromatic heterocycles. The van der Waals surface area contributed by atoms with Crippen LogP contribution in [0.2, 0.25) is 0 Å². The van der Waals surface area contributed by atoms with E-state index in [0.717, 1.165) is 25.9 Å². The molecule has 0 bridgehead atoms. The minimum Gasteiger partial charge on any atom is -0.361 e. The van der Waals surface area contributed by atoms with Crippen molar-refractivity contribution in [2.75, 3.05) is 19.8 Å². The summed E-state index contributed by atoms with van der Waals surface area (Å²) in [5.74, 6) is 0. The maximum absolute atomic E-state index is 6.02. The van der Waals surface area contributed by atoms with Crippen LogP contribution in [0.4, 0.5) is 0 Å². The molecule has 0 N–H and O–H groups in total. The molecule has 4 nitrogen and oxygen atoms in total. The maximum Gasteiger partial charge on any atom is 0.159 e. The quantitative estimate of drug-likeness (QED) is 0.723. The van der Waals surface area contributed by atoms with Crippen LogP contribution in [0.25, 0.3) is 0 Å². The highest BCUT2D eigenvalue weighted by molar-refractivity contribution is 5.21. The largest absolute Gasteiger partial charge is 0.361 e. The summed E-state index contributed by atoms with van der Waals surface area (Å²) in [6, 6.07) is 11.5. The molecule has 2 fully saturated rings. The fourth-order valence-electron chi connectivity index (χ4n) is 3.74. The second-order valence-electron chi connectivity index (χ2n) is 5.97. The van der Waals surface area contributed by atoms with Crippen LogP contribution in [0, 0.1) is 0 Å². The minimum absolute atomic E-state index is 0.101. The molecule has 0 spiro atoms. The van der Waals surface area contributed by atoms with E-state index < -0.39 is 0 Å². The third kappa shape index (κ3) is 3.35. The fourth-order valence-corrected chi connectivity index (χ4v) is 3.74. The zero-order valence-corrected chi connectivity index (χ0v) is 13.6. The second kappa shape index (κ2) is 7.55. The van der Waals surface area contributed by atoms with Gasteiger partial charge in [0.1, 0.15) is 6.23 Å². The predicted molar refractivity (Wildman–Crippen MR) is 85.4 cm³/mol. The van der Waals surface area contributed by atoms with Gasteiger partial charge in [-0.05, 0) is 32.3 Å². The molecular weight excluding hydrogens is 278 g/mol. The molecule has 1 aromatic carbocycles. The van der Waals surface area contributed by atoms with Crippen LogP contribution >= 0.6 is 0 Å². The molecule has 1 aromatic rings. The first kappa shape index (κ1) is 15.9. The standard InChI is InChI=1S/C18H27NO3/c1-3-20-18(21-4-2)12-15-10-11-17-19(15)16(13-22-17)14-8-6-5-7-9-14/h5-9,15-18H,3-4,10-13H2,1-2H3/t15-,16+,17?/m1/s1.